The van der Waals surface area contributed by atoms with E-state index in [-0.39, 0.29) is 17.6 Å². The van der Waals surface area contributed by atoms with Crippen LogP contribution in [0.25, 0.3) is 0 Å². The number of carbonyl (C=O) groups is 1. The number of halogens is 2. The van der Waals surface area contributed by atoms with Gasteiger partial charge in [-0.3, -0.25) is 4.79 Å². The van der Waals surface area contributed by atoms with Crippen LogP contribution >= 0.6 is 23.2 Å². The summed E-state index contributed by atoms with van der Waals surface area (Å²) in [5.74, 6) is 0.0811. The van der Waals surface area contributed by atoms with E-state index in [4.69, 9.17) is 32.7 Å². The number of nitrogens with one attached hydrogen (secondary N) is 1. The van der Waals surface area contributed by atoms with Crippen molar-refractivity contribution in [3.63, 3.8) is 0 Å². The first-order valence-corrected chi connectivity index (χ1v) is 9.30. The van der Waals surface area contributed by atoms with E-state index in [2.05, 4.69) is 5.32 Å². The average Bonchev–Trinajstić information content (AvgIpc) is 2.97. The van der Waals surface area contributed by atoms with Gasteiger partial charge in [-0.15, -0.1) is 0 Å². The van der Waals surface area contributed by atoms with E-state index < -0.39 is 0 Å². The summed E-state index contributed by atoms with van der Waals surface area (Å²) in [6, 6.07) is 5.66. The van der Waals surface area contributed by atoms with Gasteiger partial charge in [0.2, 0.25) is 5.91 Å². The molecule has 1 aromatic rings. The number of rotatable bonds is 6. The highest BCUT2D eigenvalue weighted by molar-refractivity contribution is 6.42. The lowest BCUT2D eigenvalue weighted by Crippen LogP contribution is -2.30. The van der Waals surface area contributed by atoms with Crippen molar-refractivity contribution in [1.82, 2.24) is 5.32 Å². The number of ether oxygens (including phenoxy) is 2. The van der Waals surface area contributed by atoms with Crippen LogP contribution in [-0.2, 0) is 19.7 Å². The predicted octanol–water partition coefficient (Wildman–Crippen LogP) is 4.07. The maximum atomic E-state index is 11.8. The Hall–Kier alpha value is -0.810. The molecule has 0 bridgehead atoms. The fourth-order valence-corrected chi connectivity index (χ4v) is 3.82. The van der Waals surface area contributed by atoms with Gasteiger partial charge in [-0.05, 0) is 49.8 Å². The third-order valence-corrected chi connectivity index (χ3v) is 5.64. The molecule has 2 atom stereocenters. The predicted molar refractivity (Wildman–Crippen MR) is 94.5 cm³/mol. The van der Waals surface area contributed by atoms with E-state index in [9.17, 15) is 4.79 Å². The molecule has 2 saturated heterocycles. The van der Waals surface area contributed by atoms with Crippen LogP contribution in [0.3, 0.4) is 0 Å². The molecule has 1 N–H and O–H groups in total. The Balaban J connectivity index is 1.61. The summed E-state index contributed by atoms with van der Waals surface area (Å²) in [7, 11) is 0. The quantitative estimate of drug-likeness (QED) is 0.766. The Labute approximate surface area is 152 Å². The van der Waals surface area contributed by atoms with Crippen LogP contribution in [0.5, 0.6) is 0 Å². The lowest BCUT2D eigenvalue weighted by molar-refractivity contribution is -0.163. The lowest BCUT2D eigenvalue weighted by atomic mass is 9.76. The highest BCUT2D eigenvalue weighted by atomic mass is 35.5. The average molecular weight is 372 g/mol. The number of benzene rings is 1. The lowest BCUT2D eigenvalue weighted by Gasteiger charge is -2.29. The van der Waals surface area contributed by atoms with Gasteiger partial charge in [0.05, 0.1) is 10.0 Å². The SMILES string of the molecule is O=C1CC(CCCOC2CCCCO2)(c2ccc(Cl)c(Cl)c2)CN1. The molecule has 1 aromatic carbocycles. The van der Waals surface area contributed by atoms with Gasteiger partial charge in [-0.25, -0.2) is 0 Å². The molecule has 0 radical (unpaired) electrons. The zero-order chi connectivity index (χ0) is 17.0. The fourth-order valence-electron chi connectivity index (χ4n) is 3.52. The van der Waals surface area contributed by atoms with Gasteiger partial charge < -0.3 is 14.8 Å². The fraction of sp³-hybridized carbons (Fsp3) is 0.611. The molecule has 0 saturated carbocycles. The van der Waals surface area contributed by atoms with E-state index in [0.29, 0.717) is 29.6 Å². The third-order valence-electron chi connectivity index (χ3n) is 4.90. The highest BCUT2D eigenvalue weighted by Gasteiger charge is 2.39. The molecule has 4 nitrogen and oxygen atoms in total. The van der Waals surface area contributed by atoms with Gasteiger partial charge in [0.15, 0.2) is 6.29 Å². The molecular weight excluding hydrogens is 349 g/mol. The molecule has 2 aliphatic rings. The zero-order valence-electron chi connectivity index (χ0n) is 13.7. The largest absolute Gasteiger partial charge is 0.355 e. The first-order valence-electron chi connectivity index (χ1n) is 8.54. The standard InChI is InChI=1S/C18H23Cl2NO3/c19-14-6-5-13(10-15(14)20)18(11-16(22)21-12-18)7-3-9-24-17-4-1-2-8-23-17/h5-6,10,17H,1-4,7-9,11-12H2,(H,21,22). The van der Waals surface area contributed by atoms with Crippen molar-refractivity contribution in [1.29, 1.82) is 0 Å². The first-order chi connectivity index (χ1) is 11.6. The molecule has 2 aliphatic heterocycles. The van der Waals surface area contributed by atoms with Crippen molar-refractivity contribution in [2.24, 2.45) is 0 Å². The Kier molecular flexibility index (Phi) is 6.03. The Morgan fingerprint density at radius 2 is 2.17 bits per heavy atom. The zero-order valence-corrected chi connectivity index (χ0v) is 15.2. The molecule has 2 fully saturated rings. The minimum absolute atomic E-state index is 0.0667. The second-order valence-electron chi connectivity index (χ2n) is 6.63. The molecule has 0 aromatic heterocycles. The summed E-state index contributed by atoms with van der Waals surface area (Å²) in [6.07, 6.45) is 5.39. The highest BCUT2D eigenvalue weighted by Crippen LogP contribution is 2.38. The van der Waals surface area contributed by atoms with Gasteiger partial charge in [-0.2, -0.15) is 0 Å². The molecule has 2 unspecified atom stereocenters. The maximum absolute atomic E-state index is 11.8. The van der Waals surface area contributed by atoms with Gasteiger partial charge in [0.1, 0.15) is 0 Å². The summed E-state index contributed by atoms with van der Waals surface area (Å²) in [5, 5.41) is 4.01. The van der Waals surface area contributed by atoms with Crippen molar-refractivity contribution in [3.8, 4) is 0 Å². The van der Waals surface area contributed by atoms with Gasteiger partial charge >= 0.3 is 0 Å². The second-order valence-corrected chi connectivity index (χ2v) is 7.45. The smallest absolute Gasteiger partial charge is 0.220 e. The number of hydrogen-bond acceptors (Lipinski definition) is 3. The Bertz CT molecular complexity index is 590. The molecule has 1 amide bonds. The van der Waals surface area contributed by atoms with Crippen molar-refractivity contribution in [3.05, 3.63) is 33.8 Å². The summed E-state index contributed by atoms with van der Waals surface area (Å²) >= 11 is 12.2. The summed E-state index contributed by atoms with van der Waals surface area (Å²) < 4.78 is 11.4. The van der Waals surface area contributed by atoms with Crippen LogP contribution in [0.1, 0.15) is 44.1 Å². The number of hydrogen-bond donors (Lipinski definition) is 1. The van der Waals surface area contributed by atoms with E-state index in [1.165, 1.54) is 0 Å². The van der Waals surface area contributed by atoms with Gasteiger partial charge in [0.25, 0.3) is 0 Å². The van der Waals surface area contributed by atoms with Crippen molar-refractivity contribution in [2.45, 2.75) is 50.2 Å². The molecule has 132 valence electrons. The van der Waals surface area contributed by atoms with Crippen molar-refractivity contribution in [2.75, 3.05) is 19.8 Å². The third kappa shape index (κ3) is 4.23. The summed E-state index contributed by atoms with van der Waals surface area (Å²) in [5.41, 5.74) is 0.825. The monoisotopic (exact) mass is 371 g/mol. The van der Waals surface area contributed by atoms with E-state index >= 15 is 0 Å². The van der Waals surface area contributed by atoms with Gasteiger partial charge in [0, 0.05) is 31.6 Å². The number of carbonyl (C=O) groups excluding carboxylic acids is 1. The van der Waals surface area contributed by atoms with E-state index in [0.717, 1.165) is 44.3 Å². The van der Waals surface area contributed by atoms with Crippen LogP contribution in [0.2, 0.25) is 10.0 Å². The van der Waals surface area contributed by atoms with Crippen LogP contribution in [-0.4, -0.2) is 32.0 Å². The van der Waals surface area contributed by atoms with Crippen LogP contribution < -0.4 is 5.32 Å². The molecular formula is C18H23Cl2NO3. The Morgan fingerprint density at radius 1 is 1.29 bits per heavy atom. The van der Waals surface area contributed by atoms with E-state index in [1.807, 2.05) is 12.1 Å². The second kappa shape index (κ2) is 8.05. The first kappa shape index (κ1) is 18.0. The van der Waals surface area contributed by atoms with Crippen molar-refractivity contribution < 1.29 is 14.3 Å². The molecule has 3 rings (SSSR count). The minimum Gasteiger partial charge on any atom is -0.355 e. The molecule has 24 heavy (non-hydrogen) atoms. The Morgan fingerprint density at radius 3 is 2.83 bits per heavy atom. The van der Waals surface area contributed by atoms with Crippen LogP contribution in [0.15, 0.2) is 18.2 Å². The molecule has 2 heterocycles. The molecule has 0 aliphatic carbocycles. The summed E-state index contributed by atoms with van der Waals surface area (Å²) in [6.45, 7) is 2.06. The topological polar surface area (TPSA) is 47.6 Å². The minimum atomic E-state index is -0.234. The maximum Gasteiger partial charge on any atom is 0.220 e. The summed E-state index contributed by atoms with van der Waals surface area (Å²) in [4.78, 5) is 11.8. The van der Waals surface area contributed by atoms with Gasteiger partial charge in [-0.1, -0.05) is 29.3 Å². The van der Waals surface area contributed by atoms with Crippen LogP contribution in [0, 0.1) is 0 Å². The number of amides is 1. The van der Waals surface area contributed by atoms with Crippen molar-refractivity contribution >= 4 is 29.1 Å². The normalized spacial score (nSPS) is 27.2. The van der Waals surface area contributed by atoms with E-state index in [1.54, 1.807) is 6.07 Å². The molecule has 6 heteroatoms. The van der Waals surface area contributed by atoms with Crippen LogP contribution in [0.4, 0.5) is 0 Å². The molecule has 0 spiro atoms.